The number of ether oxygens (including phenoxy) is 1. The summed E-state index contributed by atoms with van der Waals surface area (Å²) in [5.74, 6) is -1.63. The normalized spacial score (nSPS) is 21.2. The van der Waals surface area contributed by atoms with E-state index in [2.05, 4.69) is 10.6 Å². The van der Waals surface area contributed by atoms with E-state index in [9.17, 15) is 19.5 Å². The summed E-state index contributed by atoms with van der Waals surface area (Å²) in [5, 5.41) is 14.8. The van der Waals surface area contributed by atoms with Crippen molar-refractivity contribution in [3.63, 3.8) is 0 Å². The molecule has 0 bridgehead atoms. The minimum absolute atomic E-state index is 0.000409. The number of carboxylic acid groups (broad SMARTS) is 1. The van der Waals surface area contributed by atoms with Crippen LogP contribution in [0.2, 0.25) is 0 Å². The fourth-order valence-electron chi connectivity index (χ4n) is 2.93. The molecule has 25 heavy (non-hydrogen) atoms. The Kier molecular flexibility index (Phi) is 5.33. The molecule has 0 spiro atoms. The molecule has 3 rings (SSSR count). The van der Waals surface area contributed by atoms with Gasteiger partial charge in [0.05, 0.1) is 6.61 Å². The largest absolute Gasteiger partial charge is 0.480 e. The molecule has 2 fully saturated rings. The molecule has 2 atom stereocenters. The van der Waals surface area contributed by atoms with Crippen molar-refractivity contribution in [2.45, 2.75) is 31.7 Å². The summed E-state index contributed by atoms with van der Waals surface area (Å²) in [6.45, 7) is 0.966. The summed E-state index contributed by atoms with van der Waals surface area (Å²) in [7, 11) is 0. The van der Waals surface area contributed by atoms with Crippen LogP contribution in [-0.4, -0.2) is 42.1 Å². The van der Waals surface area contributed by atoms with Gasteiger partial charge in [-0.3, -0.25) is 9.59 Å². The highest BCUT2D eigenvalue weighted by Gasteiger charge is 2.32. The predicted molar refractivity (Wildman–Crippen MR) is 90.2 cm³/mol. The number of anilines is 1. The SMILES string of the molecule is O=C(NC(C(=O)O)C1CCCOC1)c1ccc(NC(=O)C2CC2)cc1. The lowest BCUT2D eigenvalue weighted by atomic mass is 9.93. The Balaban J connectivity index is 1.60. The van der Waals surface area contributed by atoms with Crippen molar-refractivity contribution >= 4 is 23.5 Å². The minimum atomic E-state index is -1.06. The summed E-state index contributed by atoms with van der Waals surface area (Å²) >= 11 is 0. The van der Waals surface area contributed by atoms with Crippen molar-refractivity contribution in [3.8, 4) is 0 Å². The van der Waals surface area contributed by atoms with Crippen LogP contribution in [0.3, 0.4) is 0 Å². The third kappa shape index (κ3) is 4.57. The van der Waals surface area contributed by atoms with Gasteiger partial charge in [0, 0.05) is 29.7 Å². The molecule has 1 aliphatic carbocycles. The highest BCUT2D eigenvalue weighted by atomic mass is 16.5. The number of hydrogen-bond acceptors (Lipinski definition) is 4. The Hall–Kier alpha value is -2.41. The summed E-state index contributed by atoms with van der Waals surface area (Å²) in [6.07, 6.45) is 3.35. The van der Waals surface area contributed by atoms with Crippen molar-refractivity contribution in [3.05, 3.63) is 29.8 Å². The number of amides is 2. The van der Waals surface area contributed by atoms with Crippen LogP contribution in [0.5, 0.6) is 0 Å². The molecule has 7 heteroatoms. The van der Waals surface area contributed by atoms with Gasteiger partial charge in [0.2, 0.25) is 5.91 Å². The quantitative estimate of drug-likeness (QED) is 0.726. The first kappa shape index (κ1) is 17.4. The Morgan fingerprint density at radius 2 is 1.84 bits per heavy atom. The first-order valence-corrected chi connectivity index (χ1v) is 8.57. The molecule has 0 radical (unpaired) electrons. The van der Waals surface area contributed by atoms with Gasteiger partial charge in [0.1, 0.15) is 6.04 Å². The lowest BCUT2D eigenvalue weighted by Gasteiger charge is -2.28. The maximum Gasteiger partial charge on any atom is 0.326 e. The van der Waals surface area contributed by atoms with Crippen molar-refractivity contribution < 1.29 is 24.2 Å². The van der Waals surface area contributed by atoms with Crippen LogP contribution in [0.25, 0.3) is 0 Å². The van der Waals surface area contributed by atoms with Gasteiger partial charge < -0.3 is 20.5 Å². The van der Waals surface area contributed by atoms with Crippen molar-refractivity contribution in [1.29, 1.82) is 0 Å². The smallest absolute Gasteiger partial charge is 0.326 e. The van der Waals surface area contributed by atoms with Crippen LogP contribution < -0.4 is 10.6 Å². The summed E-state index contributed by atoms with van der Waals surface area (Å²) in [4.78, 5) is 35.6. The number of aliphatic carboxylic acids is 1. The zero-order valence-electron chi connectivity index (χ0n) is 13.9. The minimum Gasteiger partial charge on any atom is -0.480 e. The standard InChI is InChI=1S/C18H22N2O5/c21-16(11-3-4-11)19-14-7-5-12(6-8-14)17(22)20-15(18(23)24)13-2-1-9-25-10-13/h5-8,11,13,15H,1-4,9-10H2,(H,19,21)(H,20,22)(H,23,24). The monoisotopic (exact) mass is 346 g/mol. The van der Waals surface area contributed by atoms with Crippen molar-refractivity contribution in [1.82, 2.24) is 5.32 Å². The molecule has 1 saturated carbocycles. The van der Waals surface area contributed by atoms with Gasteiger partial charge in [-0.1, -0.05) is 0 Å². The van der Waals surface area contributed by atoms with Crippen molar-refractivity contribution in [2.75, 3.05) is 18.5 Å². The molecule has 7 nitrogen and oxygen atoms in total. The summed E-state index contributed by atoms with van der Waals surface area (Å²) in [6, 6.07) is 5.48. The van der Waals surface area contributed by atoms with E-state index >= 15 is 0 Å². The van der Waals surface area contributed by atoms with E-state index in [1.54, 1.807) is 24.3 Å². The number of nitrogens with one attached hydrogen (secondary N) is 2. The van der Waals surface area contributed by atoms with Crippen LogP contribution in [0.15, 0.2) is 24.3 Å². The van der Waals surface area contributed by atoms with E-state index in [0.29, 0.717) is 30.9 Å². The molecule has 3 N–H and O–H groups in total. The Morgan fingerprint density at radius 3 is 2.40 bits per heavy atom. The third-order valence-electron chi connectivity index (χ3n) is 4.58. The second-order valence-corrected chi connectivity index (χ2v) is 6.61. The number of benzene rings is 1. The number of carbonyl (C=O) groups excluding carboxylic acids is 2. The zero-order valence-corrected chi connectivity index (χ0v) is 13.9. The topological polar surface area (TPSA) is 105 Å². The van der Waals surface area contributed by atoms with Gasteiger partial charge in [0.15, 0.2) is 0 Å². The fourth-order valence-corrected chi connectivity index (χ4v) is 2.93. The Bertz CT molecular complexity index is 648. The predicted octanol–water partition coefficient (Wildman–Crippen LogP) is 1.64. The number of carbonyl (C=O) groups is 3. The fraction of sp³-hybridized carbons (Fsp3) is 0.500. The molecule has 1 aliphatic heterocycles. The van der Waals surface area contributed by atoms with Crippen LogP contribution in [-0.2, 0) is 14.3 Å². The second-order valence-electron chi connectivity index (χ2n) is 6.61. The molecular weight excluding hydrogens is 324 g/mol. The first-order valence-electron chi connectivity index (χ1n) is 8.57. The van der Waals surface area contributed by atoms with Gasteiger partial charge >= 0.3 is 5.97 Å². The van der Waals surface area contributed by atoms with Crippen LogP contribution in [0.1, 0.15) is 36.0 Å². The van der Waals surface area contributed by atoms with Crippen LogP contribution in [0, 0.1) is 11.8 Å². The van der Waals surface area contributed by atoms with Gasteiger partial charge in [-0.15, -0.1) is 0 Å². The average Bonchev–Trinajstić information content (AvgIpc) is 3.46. The Morgan fingerprint density at radius 1 is 1.12 bits per heavy atom. The third-order valence-corrected chi connectivity index (χ3v) is 4.58. The summed E-state index contributed by atoms with van der Waals surface area (Å²) < 4.78 is 5.32. The molecule has 2 unspecified atom stereocenters. The lowest BCUT2D eigenvalue weighted by Crippen LogP contribution is -2.48. The van der Waals surface area contributed by atoms with E-state index in [4.69, 9.17) is 4.74 Å². The average molecular weight is 346 g/mol. The second kappa shape index (κ2) is 7.65. The molecule has 134 valence electrons. The molecule has 1 aromatic rings. The molecule has 1 aromatic carbocycles. The Labute approximate surface area is 145 Å². The van der Waals surface area contributed by atoms with E-state index in [1.807, 2.05) is 0 Å². The van der Waals surface area contributed by atoms with Gasteiger partial charge in [0.25, 0.3) is 5.91 Å². The van der Waals surface area contributed by atoms with Gasteiger partial charge in [-0.2, -0.15) is 0 Å². The van der Waals surface area contributed by atoms with E-state index in [-0.39, 0.29) is 17.7 Å². The van der Waals surface area contributed by atoms with Crippen molar-refractivity contribution in [2.24, 2.45) is 11.8 Å². The number of hydrogen-bond donors (Lipinski definition) is 3. The van der Waals surface area contributed by atoms with Crippen LogP contribution >= 0.6 is 0 Å². The lowest BCUT2D eigenvalue weighted by molar-refractivity contribution is -0.142. The molecular formula is C18H22N2O5. The highest BCUT2D eigenvalue weighted by molar-refractivity contribution is 5.98. The molecule has 1 heterocycles. The van der Waals surface area contributed by atoms with Gasteiger partial charge in [-0.05, 0) is 49.9 Å². The van der Waals surface area contributed by atoms with Crippen LogP contribution in [0.4, 0.5) is 5.69 Å². The zero-order chi connectivity index (χ0) is 17.8. The highest BCUT2D eigenvalue weighted by Crippen LogP contribution is 2.30. The maximum atomic E-state index is 12.4. The molecule has 2 amide bonds. The number of carboxylic acids is 1. The van der Waals surface area contributed by atoms with E-state index in [1.165, 1.54) is 0 Å². The number of rotatable bonds is 6. The van der Waals surface area contributed by atoms with E-state index in [0.717, 1.165) is 19.3 Å². The summed E-state index contributed by atoms with van der Waals surface area (Å²) in [5.41, 5.74) is 0.983. The first-order chi connectivity index (χ1) is 12.0. The van der Waals surface area contributed by atoms with E-state index < -0.39 is 17.9 Å². The maximum absolute atomic E-state index is 12.4. The molecule has 2 aliphatic rings. The van der Waals surface area contributed by atoms with Gasteiger partial charge in [-0.25, -0.2) is 4.79 Å². The molecule has 1 saturated heterocycles. The molecule has 0 aromatic heterocycles.